The molecule has 6 nitrogen and oxygen atoms in total. The van der Waals surface area contributed by atoms with Gasteiger partial charge in [-0.1, -0.05) is 17.7 Å². The third-order valence-corrected chi connectivity index (χ3v) is 4.81. The minimum absolute atomic E-state index is 0.239. The normalized spacial score (nSPS) is 10.8. The number of hydrogen-bond acceptors (Lipinski definition) is 3. The van der Waals surface area contributed by atoms with Gasteiger partial charge >= 0.3 is 0 Å². The summed E-state index contributed by atoms with van der Waals surface area (Å²) in [4.78, 5) is 0. The molecule has 3 rings (SSSR count). The first-order valence-electron chi connectivity index (χ1n) is 8.50. The minimum atomic E-state index is -0.354. The monoisotopic (exact) mass is 406 g/mol. The van der Waals surface area contributed by atoms with Gasteiger partial charge < -0.3 is 10.6 Å². The summed E-state index contributed by atoms with van der Waals surface area (Å²) in [6.07, 6.45) is 3.57. The van der Waals surface area contributed by atoms with Crippen molar-refractivity contribution in [3.05, 3.63) is 64.3 Å². The summed E-state index contributed by atoms with van der Waals surface area (Å²) < 4.78 is 17.4. The fourth-order valence-corrected chi connectivity index (χ4v) is 3.07. The summed E-state index contributed by atoms with van der Waals surface area (Å²) in [5.41, 5.74) is 2.59. The Bertz CT molecular complexity index is 931. The maximum atomic E-state index is 13.9. The molecule has 1 aromatic carbocycles. The molecule has 0 saturated carbocycles. The van der Waals surface area contributed by atoms with E-state index in [2.05, 4.69) is 20.8 Å². The Kier molecular flexibility index (Phi) is 6.08. The van der Waals surface area contributed by atoms with Crippen LogP contribution in [0.1, 0.15) is 23.7 Å². The summed E-state index contributed by atoms with van der Waals surface area (Å²) in [5.74, 6) is 0.216. The fourth-order valence-electron chi connectivity index (χ4n) is 2.68. The third kappa shape index (κ3) is 4.64. The van der Waals surface area contributed by atoms with Crippen LogP contribution in [-0.4, -0.2) is 24.7 Å². The van der Waals surface area contributed by atoms with E-state index in [4.69, 9.17) is 23.8 Å². The third-order valence-electron chi connectivity index (χ3n) is 4.21. The first kappa shape index (κ1) is 19.3. The number of nitrogens with zero attached hydrogens (tertiary/aromatic N) is 4. The number of anilines is 1. The van der Waals surface area contributed by atoms with Crippen molar-refractivity contribution in [1.82, 2.24) is 24.9 Å². The maximum absolute atomic E-state index is 13.9. The summed E-state index contributed by atoms with van der Waals surface area (Å²) in [6, 6.07) is 6.38. The van der Waals surface area contributed by atoms with Gasteiger partial charge in [0.05, 0.1) is 12.7 Å². The average Bonchev–Trinajstić information content (AvgIpc) is 3.22. The highest BCUT2D eigenvalue weighted by Crippen LogP contribution is 2.20. The smallest absolute Gasteiger partial charge is 0.172 e. The Morgan fingerprint density at radius 2 is 2.15 bits per heavy atom. The Hall–Kier alpha value is -2.45. The zero-order valence-corrected chi connectivity index (χ0v) is 16.6. The quantitative estimate of drug-likeness (QED) is 0.611. The van der Waals surface area contributed by atoms with E-state index in [1.54, 1.807) is 29.1 Å². The zero-order chi connectivity index (χ0) is 19.4. The molecule has 0 saturated heterocycles. The van der Waals surface area contributed by atoms with Crippen molar-refractivity contribution >= 4 is 34.7 Å². The molecular formula is C18H20ClFN6S. The lowest BCUT2D eigenvalue weighted by atomic mass is 10.2. The van der Waals surface area contributed by atoms with Gasteiger partial charge in [0.1, 0.15) is 5.82 Å². The van der Waals surface area contributed by atoms with Crippen LogP contribution in [0, 0.1) is 12.7 Å². The maximum Gasteiger partial charge on any atom is 0.172 e. The lowest BCUT2D eigenvalue weighted by molar-refractivity contribution is 0.586. The van der Waals surface area contributed by atoms with E-state index >= 15 is 0 Å². The second-order valence-electron chi connectivity index (χ2n) is 5.98. The SMILES string of the molecule is CCn1ncc(CNC(=S)Nc2ccn(Cc3c(F)cccc3Cl)n2)c1C. The van der Waals surface area contributed by atoms with Crippen LogP contribution in [0.5, 0.6) is 0 Å². The number of thiocarbonyl (C=S) groups is 1. The lowest BCUT2D eigenvalue weighted by Crippen LogP contribution is -2.28. The molecule has 2 N–H and O–H groups in total. The topological polar surface area (TPSA) is 59.7 Å². The van der Waals surface area contributed by atoms with Crippen LogP contribution < -0.4 is 10.6 Å². The van der Waals surface area contributed by atoms with Gasteiger partial charge in [-0.25, -0.2) is 4.39 Å². The highest BCUT2D eigenvalue weighted by Gasteiger charge is 2.10. The van der Waals surface area contributed by atoms with Gasteiger partial charge in [-0.05, 0) is 38.2 Å². The molecule has 0 unspecified atom stereocenters. The molecule has 0 aliphatic carbocycles. The Labute approximate surface area is 167 Å². The number of aromatic nitrogens is 4. The van der Waals surface area contributed by atoms with Crippen molar-refractivity contribution in [2.24, 2.45) is 0 Å². The Morgan fingerprint density at radius 3 is 2.85 bits per heavy atom. The first-order chi connectivity index (χ1) is 13.0. The molecule has 0 radical (unpaired) electrons. The summed E-state index contributed by atoms with van der Waals surface area (Å²) in [7, 11) is 0. The van der Waals surface area contributed by atoms with Gasteiger partial charge in [-0.2, -0.15) is 10.2 Å². The van der Waals surface area contributed by atoms with Crippen LogP contribution in [0.25, 0.3) is 0 Å². The second kappa shape index (κ2) is 8.49. The van der Waals surface area contributed by atoms with E-state index in [9.17, 15) is 4.39 Å². The number of nitrogens with one attached hydrogen (secondary N) is 2. The largest absolute Gasteiger partial charge is 0.358 e. The van der Waals surface area contributed by atoms with Crippen molar-refractivity contribution in [2.45, 2.75) is 33.5 Å². The van der Waals surface area contributed by atoms with Gasteiger partial charge in [0.2, 0.25) is 0 Å². The predicted octanol–water partition coefficient (Wildman–Crippen LogP) is 3.74. The zero-order valence-electron chi connectivity index (χ0n) is 15.0. The molecule has 27 heavy (non-hydrogen) atoms. The molecule has 0 amide bonds. The number of hydrogen-bond donors (Lipinski definition) is 2. The summed E-state index contributed by atoms with van der Waals surface area (Å²) in [6.45, 7) is 5.72. The molecule has 0 atom stereocenters. The molecule has 2 heterocycles. The van der Waals surface area contributed by atoms with Gasteiger partial charge in [-0.3, -0.25) is 9.36 Å². The van der Waals surface area contributed by atoms with Crippen LogP contribution in [0.4, 0.5) is 10.2 Å². The van der Waals surface area contributed by atoms with Gasteiger partial charge in [0.25, 0.3) is 0 Å². The fraction of sp³-hybridized carbons (Fsp3) is 0.278. The van der Waals surface area contributed by atoms with Crippen LogP contribution >= 0.6 is 23.8 Å². The molecule has 0 aliphatic heterocycles. The molecular weight excluding hydrogens is 387 g/mol. The van der Waals surface area contributed by atoms with Gasteiger partial charge in [-0.15, -0.1) is 0 Å². The molecule has 2 aromatic heterocycles. The van der Waals surface area contributed by atoms with Crippen LogP contribution in [0.3, 0.4) is 0 Å². The first-order valence-corrected chi connectivity index (χ1v) is 9.29. The van der Waals surface area contributed by atoms with E-state index in [1.807, 2.05) is 24.7 Å². The molecule has 0 spiro atoms. The molecule has 0 fully saturated rings. The standard InChI is InChI=1S/C18H20ClFN6S/c1-3-26-12(2)13(10-22-26)9-21-18(27)23-17-7-8-25(24-17)11-14-15(19)5-4-6-16(14)20/h4-8,10H,3,9,11H2,1-2H3,(H2,21,23,24,27). The number of rotatable bonds is 6. The Morgan fingerprint density at radius 1 is 1.33 bits per heavy atom. The van der Waals surface area contributed by atoms with E-state index < -0.39 is 0 Å². The minimum Gasteiger partial charge on any atom is -0.358 e. The number of aryl methyl sites for hydroxylation is 1. The van der Waals surface area contributed by atoms with Crippen molar-refractivity contribution < 1.29 is 4.39 Å². The molecule has 142 valence electrons. The van der Waals surface area contributed by atoms with Crippen molar-refractivity contribution in [3.63, 3.8) is 0 Å². The lowest BCUT2D eigenvalue weighted by Gasteiger charge is -2.09. The highest BCUT2D eigenvalue weighted by molar-refractivity contribution is 7.80. The van der Waals surface area contributed by atoms with E-state index in [0.717, 1.165) is 17.8 Å². The van der Waals surface area contributed by atoms with E-state index in [1.165, 1.54) is 6.07 Å². The highest BCUT2D eigenvalue weighted by atomic mass is 35.5. The predicted molar refractivity (Wildman–Crippen MR) is 108 cm³/mol. The van der Waals surface area contributed by atoms with Gasteiger partial charge in [0, 0.05) is 47.2 Å². The summed E-state index contributed by atoms with van der Waals surface area (Å²) >= 11 is 11.4. The van der Waals surface area contributed by atoms with Crippen LogP contribution in [0.15, 0.2) is 36.7 Å². The van der Waals surface area contributed by atoms with Crippen LogP contribution in [0.2, 0.25) is 5.02 Å². The number of benzene rings is 1. The number of halogens is 2. The molecule has 9 heteroatoms. The van der Waals surface area contributed by atoms with Crippen molar-refractivity contribution in [1.29, 1.82) is 0 Å². The van der Waals surface area contributed by atoms with Crippen molar-refractivity contribution in [3.8, 4) is 0 Å². The van der Waals surface area contributed by atoms with Crippen LogP contribution in [-0.2, 0) is 19.6 Å². The Balaban J connectivity index is 1.57. The average molecular weight is 407 g/mol. The molecule has 0 aliphatic rings. The second-order valence-corrected chi connectivity index (χ2v) is 6.79. The van der Waals surface area contributed by atoms with Gasteiger partial charge in [0.15, 0.2) is 10.9 Å². The van der Waals surface area contributed by atoms with E-state index in [0.29, 0.717) is 28.1 Å². The summed E-state index contributed by atoms with van der Waals surface area (Å²) in [5, 5.41) is 15.7. The van der Waals surface area contributed by atoms with Crippen molar-refractivity contribution in [2.75, 3.05) is 5.32 Å². The molecule has 3 aromatic rings. The van der Waals surface area contributed by atoms with E-state index in [-0.39, 0.29) is 12.4 Å². The molecule has 0 bridgehead atoms.